The summed E-state index contributed by atoms with van der Waals surface area (Å²) in [5.74, 6) is 2.43. The Kier molecular flexibility index (Phi) is 6.54. The molecule has 7 rings (SSSR count). The lowest BCUT2D eigenvalue weighted by Gasteiger charge is -2.62. The molecular weight excluding hydrogens is 464 g/mol. The van der Waals surface area contributed by atoms with Crippen molar-refractivity contribution in [2.45, 2.75) is 121 Å². The quantitative estimate of drug-likeness (QED) is 0.578. The molecule has 3 heterocycles. The molecule has 0 radical (unpaired) electrons. The van der Waals surface area contributed by atoms with Crippen molar-refractivity contribution in [2.75, 3.05) is 39.4 Å². The minimum Gasteiger partial charge on any atom is -0.391 e. The van der Waals surface area contributed by atoms with E-state index in [0.29, 0.717) is 23.3 Å². The highest BCUT2D eigenvalue weighted by atomic mass is 16.7. The van der Waals surface area contributed by atoms with E-state index in [1.165, 1.54) is 64.5 Å². The molecule has 3 aliphatic heterocycles. The van der Waals surface area contributed by atoms with Crippen molar-refractivity contribution in [1.29, 1.82) is 0 Å². The van der Waals surface area contributed by atoms with Gasteiger partial charge in [0.1, 0.15) is 0 Å². The molecule has 0 aromatic heterocycles. The van der Waals surface area contributed by atoms with E-state index in [4.69, 9.17) is 9.47 Å². The van der Waals surface area contributed by atoms with Crippen LogP contribution in [-0.4, -0.2) is 89.5 Å². The Morgan fingerprint density at radius 1 is 0.703 bits per heavy atom. The molecule has 7 aliphatic rings. The van der Waals surface area contributed by atoms with Gasteiger partial charge in [0.25, 0.3) is 0 Å². The Morgan fingerprint density at radius 2 is 1.41 bits per heavy atom. The molecule has 0 amide bonds. The van der Waals surface area contributed by atoms with Crippen LogP contribution in [0.1, 0.15) is 90.9 Å². The highest BCUT2D eigenvalue weighted by molar-refractivity contribution is 5.14. The number of hydrogen-bond donors (Lipinski definition) is 2. The summed E-state index contributed by atoms with van der Waals surface area (Å²) in [5, 5.41) is 23.1. The molecule has 0 aromatic carbocycles. The summed E-state index contributed by atoms with van der Waals surface area (Å²) in [6, 6.07) is 0.642. The van der Waals surface area contributed by atoms with Crippen molar-refractivity contribution in [2.24, 2.45) is 34.5 Å². The fraction of sp³-hybridized carbons (Fsp3) is 1.00. The van der Waals surface area contributed by atoms with Gasteiger partial charge in [0.05, 0.1) is 25.4 Å². The van der Waals surface area contributed by atoms with Crippen molar-refractivity contribution in [3.05, 3.63) is 0 Å². The molecule has 10 atom stereocenters. The van der Waals surface area contributed by atoms with Crippen LogP contribution < -0.4 is 0 Å². The molecule has 4 aliphatic carbocycles. The van der Waals surface area contributed by atoms with Gasteiger partial charge < -0.3 is 19.7 Å². The maximum atomic E-state index is 11.8. The first-order valence-corrected chi connectivity index (χ1v) is 16.0. The van der Waals surface area contributed by atoms with Crippen LogP contribution in [0.3, 0.4) is 0 Å². The number of rotatable bonds is 2. The predicted molar refractivity (Wildman–Crippen MR) is 143 cm³/mol. The number of hydrogen-bond acceptors (Lipinski definition) is 6. The summed E-state index contributed by atoms with van der Waals surface area (Å²) in [7, 11) is 0. The van der Waals surface area contributed by atoms with Crippen LogP contribution in [0, 0.1) is 34.5 Å². The van der Waals surface area contributed by atoms with Gasteiger partial charge >= 0.3 is 0 Å². The van der Waals surface area contributed by atoms with Gasteiger partial charge in [0.2, 0.25) is 0 Å². The van der Waals surface area contributed by atoms with Crippen LogP contribution in [0.15, 0.2) is 0 Å². The van der Waals surface area contributed by atoms with Gasteiger partial charge in [-0.1, -0.05) is 20.3 Å². The first-order valence-electron chi connectivity index (χ1n) is 16.0. The fourth-order valence-electron chi connectivity index (χ4n) is 11.2. The third kappa shape index (κ3) is 4.01. The molecule has 4 saturated carbocycles. The third-order valence-corrected chi connectivity index (χ3v) is 13.4. The largest absolute Gasteiger partial charge is 0.391 e. The molecule has 37 heavy (non-hydrogen) atoms. The van der Waals surface area contributed by atoms with E-state index >= 15 is 0 Å². The number of piperidine rings is 2. The molecule has 1 spiro atoms. The zero-order valence-corrected chi connectivity index (χ0v) is 23.5. The molecule has 6 heteroatoms. The normalized spacial score (nSPS) is 52.5. The molecule has 7 fully saturated rings. The molecule has 0 aromatic rings. The zero-order valence-electron chi connectivity index (χ0n) is 23.5. The second-order valence-electron chi connectivity index (χ2n) is 14.8. The number of fused-ring (bicyclic) bond motifs is 5. The zero-order chi connectivity index (χ0) is 25.4. The van der Waals surface area contributed by atoms with Crippen molar-refractivity contribution in [3.63, 3.8) is 0 Å². The molecule has 0 unspecified atom stereocenters. The number of likely N-dealkylation sites (tertiary alicyclic amines) is 2. The molecular formula is C31H52N2O4. The van der Waals surface area contributed by atoms with Gasteiger partial charge in [-0.25, -0.2) is 0 Å². The van der Waals surface area contributed by atoms with Crippen LogP contribution in [0.4, 0.5) is 0 Å². The maximum absolute atomic E-state index is 11.8. The van der Waals surface area contributed by atoms with Crippen LogP contribution in [0.25, 0.3) is 0 Å². The SMILES string of the molecule is C[C@]12C[C@H](N3CCCCC3)[C@@H](O)C[C@@H]1CC[C@@H]1[C@@H]2CC[C@]2(C)[C@@H](O)[C@@H](N3CCC4(CC3)OCCO4)C[C@@H]12. The van der Waals surface area contributed by atoms with Crippen LogP contribution >= 0.6 is 0 Å². The van der Waals surface area contributed by atoms with Gasteiger partial charge in [0.15, 0.2) is 5.79 Å². The van der Waals surface area contributed by atoms with E-state index in [1.54, 1.807) is 0 Å². The third-order valence-electron chi connectivity index (χ3n) is 13.4. The Bertz CT molecular complexity index is 833. The predicted octanol–water partition coefficient (Wildman–Crippen LogP) is 4.03. The number of aliphatic hydroxyl groups excluding tert-OH is 2. The lowest BCUT2D eigenvalue weighted by molar-refractivity contribution is -0.190. The summed E-state index contributed by atoms with van der Waals surface area (Å²) < 4.78 is 12.0. The molecule has 6 nitrogen and oxygen atoms in total. The van der Waals surface area contributed by atoms with Gasteiger partial charge in [-0.15, -0.1) is 0 Å². The van der Waals surface area contributed by atoms with Crippen molar-refractivity contribution in [1.82, 2.24) is 9.80 Å². The number of aliphatic hydroxyl groups is 2. The Morgan fingerprint density at radius 3 is 2.14 bits per heavy atom. The maximum Gasteiger partial charge on any atom is 0.170 e. The van der Waals surface area contributed by atoms with E-state index in [9.17, 15) is 10.2 Å². The summed E-state index contributed by atoms with van der Waals surface area (Å²) >= 11 is 0. The van der Waals surface area contributed by atoms with Crippen LogP contribution in [0.5, 0.6) is 0 Å². The van der Waals surface area contributed by atoms with Gasteiger partial charge in [0, 0.05) is 38.0 Å². The lowest BCUT2D eigenvalue weighted by atomic mass is 9.44. The van der Waals surface area contributed by atoms with E-state index in [0.717, 1.165) is 63.8 Å². The minimum atomic E-state index is -0.342. The summed E-state index contributed by atoms with van der Waals surface area (Å²) in [5.41, 5.74) is 0.383. The molecule has 2 N–H and O–H groups in total. The van der Waals surface area contributed by atoms with E-state index in [2.05, 4.69) is 23.6 Å². The summed E-state index contributed by atoms with van der Waals surface area (Å²) in [4.78, 5) is 5.25. The van der Waals surface area contributed by atoms with Crippen LogP contribution in [0.2, 0.25) is 0 Å². The topological polar surface area (TPSA) is 65.4 Å². The standard InChI is InChI=1S/C31H52N2O4/c1-29-9-8-23-22(7-6-21-18-27(34)26(20-30(21,23)2)32-12-4-3-5-13-32)24(29)19-25(28(29)35)33-14-10-31(11-15-33)36-16-17-37-31/h21-28,34-35H,3-20H2,1-2H3/t21-,22+,23-,24-,25-,26-,27-,28-,29-,30-/m0/s1. The fourth-order valence-corrected chi connectivity index (χ4v) is 11.2. The van der Waals surface area contributed by atoms with Crippen molar-refractivity contribution in [3.8, 4) is 0 Å². The Labute approximate surface area is 224 Å². The lowest BCUT2D eigenvalue weighted by Crippen LogP contribution is -2.60. The number of ether oxygens (including phenoxy) is 2. The highest BCUT2D eigenvalue weighted by Gasteiger charge is 2.64. The van der Waals surface area contributed by atoms with Crippen LogP contribution in [-0.2, 0) is 9.47 Å². The van der Waals surface area contributed by atoms with Gasteiger partial charge in [-0.2, -0.15) is 0 Å². The highest BCUT2D eigenvalue weighted by Crippen LogP contribution is 2.67. The van der Waals surface area contributed by atoms with Gasteiger partial charge in [-0.3, -0.25) is 9.80 Å². The average molecular weight is 517 g/mol. The summed E-state index contributed by atoms with van der Waals surface area (Å²) in [6.07, 6.45) is 13.8. The Hall–Kier alpha value is -0.240. The molecule has 210 valence electrons. The van der Waals surface area contributed by atoms with Gasteiger partial charge in [-0.05, 0) is 105 Å². The average Bonchev–Trinajstić information content (AvgIpc) is 3.47. The van der Waals surface area contributed by atoms with Crippen molar-refractivity contribution >= 4 is 0 Å². The number of nitrogens with zero attached hydrogens (tertiary/aromatic N) is 2. The molecule has 3 saturated heterocycles. The smallest absolute Gasteiger partial charge is 0.170 e. The van der Waals surface area contributed by atoms with E-state index in [1.807, 2.05) is 0 Å². The first-order chi connectivity index (χ1) is 17.8. The van der Waals surface area contributed by atoms with E-state index in [-0.39, 0.29) is 29.5 Å². The summed E-state index contributed by atoms with van der Waals surface area (Å²) in [6.45, 7) is 10.8. The first kappa shape index (κ1) is 25.7. The Balaban J connectivity index is 1.09. The van der Waals surface area contributed by atoms with E-state index < -0.39 is 0 Å². The van der Waals surface area contributed by atoms with Crippen molar-refractivity contribution < 1.29 is 19.7 Å². The second-order valence-corrected chi connectivity index (χ2v) is 14.8. The molecule has 0 bridgehead atoms. The monoisotopic (exact) mass is 516 g/mol. The second kappa shape index (κ2) is 9.41. The minimum absolute atomic E-state index is 0.0466.